The monoisotopic (exact) mass is 547 g/mol. The molecule has 0 aliphatic rings. The molecule has 4 aromatic rings. The van der Waals surface area contributed by atoms with Gasteiger partial charge in [0.2, 0.25) is 11.8 Å². The lowest BCUT2D eigenvalue weighted by atomic mass is 10.00. The summed E-state index contributed by atoms with van der Waals surface area (Å²) in [7, 11) is 3.10. The Bertz CT molecular complexity index is 1500. The number of nitrogens with one attached hydrogen (secondary N) is 1. The minimum Gasteiger partial charge on any atom is -0.493 e. The van der Waals surface area contributed by atoms with E-state index < -0.39 is 29.2 Å². The first-order valence-electron chi connectivity index (χ1n) is 13.0. The van der Waals surface area contributed by atoms with Gasteiger partial charge in [0.25, 0.3) is 0 Å². The number of nitrogens with zero attached hydrogens (tertiary/aromatic N) is 4. The van der Waals surface area contributed by atoms with Crippen LogP contribution in [0.4, 0.5) is 4.39 Å². The number of hydrogen-bond acceptors (Lipinski definition) is 6. The van der Waals surface area contributed by atoms with E-state index in [4.69, 9.17) is 9.47 Å². The van der Waals surface area contributed by atoms with E-state index in [0.717, 1.165) is 5.56 Å². The minimum atomic E-state index is -1.22. The second-order valence-corrected chi connectivity index (χ2v) is 10.4. The largest absolute Gasteiger partial charge is 0.493 e. The molecule has 1 heterocycles. The van der Waals surface area contributed by atoms with Crippen LogP contribution < -0.4 is 14.8 Å². The summed E-state index contributed by atoms with van der Waals surface area (Å²) >= 11 is 0. The van der Waals surface area contributed by atoms with Gasteiger partial charge in [0.15, 0.2) is 11.5 Å². The highest BCUT2D eigenvalue weighted by Gasteiger charge is 2.35. The van der Waals surface area contributed by atoms with E-state index in [2.05, 4.69) is 15.6 Å². The number of methoxy groups -OCH3 is 2. The molecule has 40 heavy (non-hydrogen) atoms. The smallest absolute Gasteiger partial charge is 0.247 e. The summed E-state index contributed by atoms with van der Waals surface area (Å²) in [5.41, 5.74) is 1.67. The molecule has 1 aromatic heterocycles. The fourth-order valence-corrected chi connectivity index (χ4v) is 4.52. The van der Waals surface area contributed by atoms with E-state index in [1.165, 1.54) is 21.7 Å². The molecule has 0 bridgehead atoms. The van der Waals surface area contributed by atoms with Crippen LogP contribution in [0.15, 0.2) is 66.7 Å². The summed E-state index contributed by atoms with van der Waals surface area (Å²) in [4.78, 5) is 29.1. The van der Waals surface area contributed by atoms with Gasteiger partial charge in [-0.25, -0.2) is 9.07 Å². The highest BCUT2D eigenvalue weighted by atomic mass is 19.1. The molecule has 0 aliphatic heterocycles. The normalized spacial score (nSPS) is 12.2. The van der Waals surface area contributed by atoms with Gasteiger partial charge in [-0.3, -0.25) is 9.59 Å². The van der Waals surface area contributed by atoms with Crippen molar-refractivity contribution in [3.8, 4) is 11.5 Å². The van der Waals surface area contributed by atoms with Crippen molar-refractivity contribution < 1.29 is 23.5 Å². The zero-order valence-electron chi connectivity index (χ0n) is 23.3. The predicted octanol–water partition coefficient (Wildman–Crippen LogP) is 4.31. The summed E-state index contributed by atoms with van der Waals surface area (Å²) in [6.07, 6.45) is 0.373. The lowest BCUT2D eigenvalue weighted by Gasteiger charge is -2.34. The molecule has 1 N–H and O–H groups in total. The second kappa shape index (κ2) is 12.1. The average Bonchev–Trinajstić information content (AvgIpc) is 3.33. The van der Waals surface area contributed by atoms with Crippen molar-refractivity contribution >= 4 is 22.8 Å². The van der Waals surface area contributed by atoms with Crippen molar-refractivity contribution in [2.45, 2.75) is 45.3 Å². The van der Waals surface area contributed by atoms with Crippen LogP contribution in [-0.2, 0) is 22.6 Å². The molecule has 0 spiro atoms. The quantitative estimate of drug-likeness (QED) is 0.318. The van der Waals surface area contributed by atoms with Gasteiger partial charge in [-0.1, -0.05) is 41.6 Å². The first-order chi connectivity index (χ1) is 19.1. The Kier molecular flexibility index (Phi) is 8.67. The van der Waals surface area contributed by atoms with Crippen LogP contribution in [0.5, 0.6) is 11.5 Å². The number of hydrogen-bond donors (Lipinski definition) is 1. The van der Waals surface area contributed by atoms with E-state index in [1.807, 2.05) is 51.1 Å². The van der Waals surface area contributed by atoms with Gasteiger partial charge in [0.1, 0.15) is 23.9 Å². The van der Waals surface area contributed by atoms with Crippen LogP contribution in [0.25, 0.3) is 11.0 Å². The van der Waals surface area contributed by atoms with Crippen molar-refractivity contribution in [2.75, 3.05) is 20.8 Å². The summed E-state index contributed by atoms with van der Waals surface area (Å²) < 4.78 is 27.5. The van der Waals surface area contributed by atoms with E-state index in [1.54, 1.807) is 38.5 Å². The molecule has 0 unspecified atom stereocenters. The van der Waals surface area contributed by atoms with Crippen LogP contribution in [0.2, 0.25) is 0 Å². The van der Waals surface area contributed by atoms with E-state index >= 15 is 4.39 Å². The van der Waals surface area contributed by atoms with Gasteiger partial charge in [0, 0.05) is 17.6 Å². The molecule has 0 saturated carbocycles. The zero-order valence-corrected chi connectivity index (χ0v) is 23.3. The summed E-state index contributed by atoms with van der Waals surface area (Å²) in [5.74, 6) is -0.351. The molecule has 2 amide bonds. The Morgan fingerprint density at radius 1 is 1.00 bits per heavy atom. The highest BCUT2D eigenvalue weighted by Crippen LogP contribution is 2.29. The molecule has 10 heteroatoms. The lowest BCUT2D eigenvalue weighted by molar-refractivity contribution is -0.142. The lowest BCUT2D eigenvalue weighted by Crippen LogP contribution is -2.50. The van der Waals surface area contributed by atoms with Gasteiger partial charge in [-0.15, -0.1) is 5.10 Å². The number of aromatic nitrogens is 3. The molecule has 0 radical (unpaired) electrons. The average molecular weight is 548 g/mol. The van der Waals surface area contributed by atoms with Crippen LogP contribution in [0.3, 0.4) is 0 Å². The number of fused-ring (bicyclic) bond motifs is 1. The van der Waals surface area contributed by atoms with Crippen molar-refractivity contribution in [1.29, 1.82) is 0 Å². The molecule has 9 nitrogen and oxygen atoms in total. The number of ether oxygens (including phenoxy) is 2. The van der Waals surface area contributed by atoms with E-state index in [9.17, 15) is 9.59 Å². The Morgan fingerprint density at radius 2 is 1.70 bits per heavy atom. The van der Waals surface area contributed by atoms with E-state index in [0.29, 0.717) is 29.0 Å². The highest BCUT2D eigenvalue weighted by molar-refractivity contribution is 5.89. The van der Waals surface area contributed by atoms with Crippen molar-refractivity contribution in [2.24, 2.45) is 0 Å². The molecule has 0 fully saturated rings. The first kappa shape index (κ1) is 28.5. The fraction of sp³-hybridized carbons (Fsp3) is 0.333. The third kappa shape index (κ3) is 6.56. The third-order valence-corrected chi connectivity index (χ3v) is 6.37. The third-order valence-electron chi connectivity index (χ3n) is 6.37. The second-order valence-electron chi connectivity index (χ2n) is 10.4. The standard InChI is InChI=1S/C30H34FN5O4/c1-30(2,3)32-29(38)28(21-10-6-7-11-22(21)31)35(17-16-20-14-15-25(39-4)26(18-20)40-5)27(37)19-36-24-13-9-8-12-23(24)33-34-36/h6-15,18,28H,16-17,19H2,1-5H3,(H,32,38)/t28-/m1/s1. The number of rotatable bonds is 10. The summed E-state index contributed by atoms with van der Waals surface area (Å²) in [6, 6.07) is 17.6. The predicted molar refractivity (Wildman–Crippen MR) is 150 cm³/mol. The Morgan fingerprint density at radius 3 is 2.40 bits per heavy atom. The van der Waals surface area contributed by atoms with Crippen LogP contribution >= 0.6 is 0 Å². The summed E-state index contributed by atoms with van der Waals surface area (Å²) in [5, 5.41) is 11.2. The van der Waals surface area contributed by atoms with Crippen molar-refractivity contribution in [3.05, 3.63) is 83.7 Å². The summed E-state index contributed by atoms with van der Waals surface area (Å²) in [6.45, 7) is 5.44. The molecule has 3 aromatic carbocycles. The molecule has 4 rings (SSSR count). The Labute approximate surface area is 232 Å². The molecule has 0 saturated heterocycles. The Balaban J connectivity index is 1.74. The maximum atomic E-state index is 15.2. The van der Waals surface area contributed by atoms with Gasteiger partial charge in [0.05, 0.1) is 19.7 Å². The maximum absolute atomic E-state index is 15.2. The maximum Gasteiger partial charge on any atom is 0.247 e. The van der Waals surface area contributed by atoms with Gasteiger partial charge in [-0.2, -0.15) is 0 Å². The van der Waals surface area contributed by atoms with Crippen LogP contribution in [0.1, 0.15) is 37.9 Å². The van der Waals surface area contributed by atoms with Gasteiger partial charge in [-0.05, 0) is 63.1 Å². The molecule has 1 atom stereocenters. The molecular weight excluding hydrogens is 513 g/mol. The molecule has 210 valence electrons. The SMILES string of the molecule is COc1ccc(CCN(C(=O)Cn2nnc3ccccc32)[C@@H](C(=O)NC(C)(C)C)c2ccccc2F)cc1OC. The molecular formula is C30H34FN5O4. The number of carbonyl (C=O) groups excluding carboxylic acids is 2. The first-order valence-corrected chi connectivity index (χ1v) is 13.0. The number of halogens is 1. The topological polar surface area (TPSA) is 98.6 Å². The van der Waals surface area contributed by atoms with E-state index in [-0.39, 0.29) is 18.7 Å². The number of benzene rings is 3. The Hall–Kier alpha value is -4.47. The number of carbonyl (C=O) groups is 2. The van der Waals surface area contributed by atoms with Crippen LogP contribution in [0, 0.1) is 5.82 Å². The number of para-hydroxylation sites is 1. The number of amides is 2. The molecule has 0 aliphatic carbocycles. The fourth-order valence-electron chi connectivity index (χ4n) is 4.52. The van der Waals surface area contributed by atoms with Gasteiger partial charge < -0.3 is 19.7 Å². The van der Waals surface area contributed by atoms with Gasteiger partial charge >= 0.3 is 0 Å². The van der Waals surface area contributed by atoms with Crippen molar-refractivity contribution in [3.63, 3.8) is 0 Å². The van der Waals surface area contributed by atoms with Crippen LogP contribution in [-0.4, -0.2) is 58.0 Å². The zero-order chi connectivity index (χ0) is 28.9. The van der Waals surface area contributed by atoms with Crippen molar-refractivity contribution in [1.82, 2.24) is 25.2 Å². The minimum absolute atomic E-state index is 0.105.